The molecule has 23 heavy (non-hydrogen) atoms. The minimum absolute atomic E-state index is 0.345. The summed E-state index contributed by atoms with van der Waals surface area (Å²) < 4.78 is 2.08. The van der Waals surface area contributed by atoms with Crippen LogP contribution in [-0.2, 0) is 6.42 Å². The first-order chi connectivity index (χ1) is 11.1. The lowest BCUT2D eigenvalue weighted by Crippen LogP contribution is -2.00. The number of fused-ring (bicyclic) bond motifs is 1. The monoisotopic (exact) mass is 308 g/mol. The molecular weight excluding hydrogens is 288 g/mol. The number of carboxylic acids is 1. The van der Waals surface area contributed by atoms with Gasteiger partial charge in [-0.2, -0.15) is 0 Å². The topological polar surface area (TPSA) is 54.6 Å². The third-order valence-electron chi connectivity index (χ3n) is 4.10. The van der Waals surface area contributed by atoms with Gasteiger partial charge in [-0.05, 0) is 49.6 Å². The number of aromatic carboxylic acids is 1. The number of aromatic nitrogens is 2. The van der Waals surface area contributed by atoms with Gasteiger partial charge in [0, 0.05) is 11.8 Å². The molecule has 0 unspecified atom stereocenters. The summed E-state index contributed by atoms with van der Waals surface area (Å²) in [7, 11) is 0. The van der Waals surface area contributed by atoms with Gasteiger partial charge in [0.25, 0.3) is 0 Å². The van der Waals surface area contributed by atoms with Gasteiger partial charge >= 0.3 is 5.97 Å². The van der Waals surface area contributed by atoms with Crippen LogP contribution in [0.2, 0.25) is 0 Å². The van der Waals surface area contributed by atoms with Crippen LogP contribution in [0.4, 0.5) is 0 Å². The van der Waals surface area contributed by atoms with Crippen LogP contribution in [0.25, 0.3) is 16.9 Å². The average Bonchev–Trinajstić information content (AvgIpc) is 2.90. The van der Waals surface area contributed by atoms with Crippen LogP contribution in [0.1, 0.15) is 41.4 Å². The van der Waals surface area contributed by atoms with Crippen LogP contribution in [0.3, 0.4) is 0 Å². The third kappa shape index (κ3) is 2.84. The summed E-state index contributed by atoms with van der Waals surface area (Å²) in [5, 5.41) is 9.21. The van der Waals surface area contributed by atoms with E-state index >= 15 is 0 Å². The Balaban J connectivity index is 2.17. The van der Waals surface area contributed by atoms with Gasteiger partial charge < -0.3 is 5.11 Å². The number of nitrogens with zero attached hydrogens (tertiary/aromatic N) is 2. The van der Waals surface area contributed by atoms with E-state index in [0.717, 1.165) is 47.4 Å². The zero-order valence-corrected chi connectivity index (χ0v) is 13.4. The average molecular weight is 308 g/mol. The molecule has 0 radical (unpaired) electrons. The number of benzene rings is 1. The molecule has 2 heterocycles. The Morgan fingerprint density at radius 2 is 2.09 bits per heavy atom. The molecular formula is C19H20N2O2. The van der Waals surface area contributed by atoms with E-state index in [4.69, 9.17) is 4.98 Å². The maximum absolute atomic E-state index is 11.2. The summed E-state index contributed by atoms with van der Waals surface area (Å²) in [5.74, 6) is -0.890. The standard InChI is InChI=1S/C19H20N2O2/c1-3-4-7-16-18(21-11-6-5-8-17(21)20-16)14-9-10-15(19(22)23)13(2)12-14/h5-6,8-12H,3-4,7H2,1-2H3,(H,22,23). The fraction of sp³-hybridized carbons (Fsp3) is 0.263. The summed E-state index contributed by atoms with van der Waals surface area (Å²) in [4.78, 5) is 16.0. The van der Waals surface area contributed by atoms with Crippen LogP contribution in [0, 0.1) is 6.92 Å². The molecule has 0 fully saturated rings. The lowest BCUT2D eigenvalue weighted by atomic mass is 10.0. The van der Waals surface area contributed by atoms with E-state index in [9.17, 15) is 9.90 Å². The predicted molar refractivity (Wildman–Crippen MR) is 90.9 cm³/mol. The zero-order chi connectivity index (χ0) is 16.4. The van der Waals surface area contributed by atoms with E-state index < -0.39 is 5.97 Å². The van der Waals surface area contributed by atoms with Gasteiger partial charge in [-0.3, -0.25) is 4.40 Å². The van der Waals surface area contributed by atoms with Crippen molar-refractivity contribution in [3.63, 3.8) is 0 Å². The van der Waals surface area contributed by atoms with Crippen molar-refractivity contribution in [3.05, 3.63) is 59.4 Å². The first-order valence-corrected chi connectivity index (χ1v) is 7.92. The zero-order valence-electron chi connectivity index (χ0n) is 13.4. The van der Waals surface area contributed by atoms with Crippen molar-refractivity contribution in [1.82, 2.24) is 9.38 Å². The second-order valence-electron chi connectivity index (χ2n) is 5.77. The normalized spacial score (nSPS) is 11.0. The molecule has 2 aromatic heterocycles. The van der Waals surface area contributed by atoms with Crippen LogP contribution in [-0.4, -0.2) is 20.5 Å². The van der Waals surface area contributed by atoms with E-state index in [1.54, 1.807) is 6.07 Å². The second kappa shape index (κ2) is 6.24. The lowest BCUT2D eigenvalue weighted by molar-refractivity contribution is 0.0696. The molecule has 0 spiro atoms. The molecule has 4 heteroatoms. The molecule has 3 aromatic rings. The Morgan fingerprint density at radius 3 is 2.78 bits per heavy atom. The molecule has 0 atom stereocenters. The maximum atomic E-state index is 11.2. The molecule has 0 saturated heterocycles. The van der Waals surface area contributed by atoms with Crippen molar-refractivity contribution in [1.29, 1.82) is 0 Å². The molecule has 0 saturated carbocycles. The fourth-order valence-corrected chi connectivity index (χ4v) is 2.92. The summed E-state index contributed by atoms with van der Waals surface area (Å²) in [6.07, 6.45) is 5.13. The van der Waals surface area contributed by atoms with Crippen LogP contribution < -0.4 is 0 Å². The molecule has 118 valence electrons. The quantitative estimate of drug-likeness (QED) is 0.762. The van der Waals surface area contributed by atoms with Crippen molar-refractivity contribution < 1.29 is 9.90 Å². The molecule has 1 aromatic carbocycles. The molecule has 1 N–H and O–H groups in total. The van der Waals surface area contributed by atoms with Crippen LogP contribution >= 0.6 is 0 Å². The highest BCUT2D eigenvalue weighted by Crippen LogP contribution is 2.28. The molecule has 4 nitrogen and oxygen atoms in total. The van der Waals surface area contributed by atoms with Crippen LogP contribution in [0.5, 0.6) is 0 Å². The van der Waals surface area contributed by atoms with Gasteiger partial charge in [0.2, 0.25) is 0 Å². The highest BCUT2D eigenvalue weighted by Gasteiger charge is 2.15. The van der Waals surface area contributed by atoms with Crippen LogP contribution in [0.15, 0.2) is 42.6 Å². The SMILES string of the molecule is CCCCc1nc2ccccn2c1-c1ccc(C(=O)O)c(C)c1. The van der Waals surface area contributed by atoms with Crippen molar-refractivity contribution in [3.8, 4) is 11.3 Å². The van der Waals surface area contributed by atoms with Crippen molar-refractivity contribution in [2.24, 2.45) is 0 Å². The number of carbonyl (C=O) groups is 1. The van der Waals surface area contributed by atoms with Gasteiger partial charge in [-0.15, -0.1) is 0 Å². The Labute approximate surface area is 135 Å². The third-order valence-corrected chi connectivity index (χ3v) is 4.10. The van der Waals surface area contributed by atoms with Crippen molar-refractivity contribution in [2.75, 3.05) is 0 Å². The highest BCUT2D eigenvalue weighted by atomic mass is 16.4. The number of aryl methyl sites for hydroxylation is 2. The predicted octanol–water partition coefficient (Wildman–Crippen LogP) is 4.35. The van der Waals surface area contributed by atoms with Gasteiger partial charge in [-0.25, -0.2) is 9.78 Å². The maximum Gasteiger partial charge on any atom is 0.335 e. The highest BCUT2D eigenvalue weighted by molar-refractivity contribution is 5.90. The van der Waals surface area contributed by atoms with E-state index in [0.29, 0.717) is 5.56 Å². The first kappa shape index (κ1) is 15.3. The molecule has 0 aliphatic rings. The molecule has 0 bridgehead atoms. The number of unbranched alkanes of at least 4 members (excludes halogenated alkanes) is 1. The Morgan fingerprint density at radius 1 is 1.26 bits per heavy atom. The van der Waals surface area contributed by atoms with Gasteiger partial charge in [0.05, 0.1) is 17.0 Å². The smallest absolute Gasteiger partial charge is 0.335 e. The largest absolute Gasteiger partial charge is 0.478 e. The Hall–Kier alpha value is -2.62. The number of pyridine rings is 1. The van der Waals surface area contributed by atoms with Gasteiger partial charge in [0.15, 0.2) is 0 Å². The minimum Gasteiger partial charge on any atom is -0.478 e. The van der Waals surface area contributed by atoms with E-state index in [1.165, 1.54) is 0 Å². The van der Waals surface area contributed by atoms with E-state index in [1.807, 2.05) is 43.5 Å². The summed E-state index contributed by atoms with van der Waals surface area (Å²) in [5.41, 5.74) is 5.18. The number of rotatable bonds is 5. The number of imidazole rings is 1. The first-order valence-electron chi connectivity index (χ1n) is 7.92. The summed E-state index contributed by atoms with van der Waals surface area (Å²) in [6.45, 7) is 4.00. The van der Waals surface area contributed by atoms with Crippen molar-refractivity contribution >= 4 is 11.6 Å². The van der Waals surface area contributed by atoms with Crippen molar-refractivity contribution in [2.45, 2.75) is 33.1 Å². The van der Waals surface area contributed by atoms with E-state index in [2.05, 4.69) is 11.3 Å². The molecule has 0 aliphatic heterocycles. The van der Waals surface area contributed by atoms with Gasteiger partial charge in [0.1, 0.15) is 5.65 Å². The number of carboxylic acid groups (broad SMARTS) is 1. The van der Waals surface area contributed by atoms with Gasteiger partial charge in [-0.1, -0.05) is 25.5 Å². The molecule has 3 rings (SSSR count). The fourth-order valence-electron chi connectivity index (χ4n) is 2.92. The summed E-state index contributed by atoms with van der Waals surface area (Å²) >= 11 is 0. The lowest BCUT2D eigenvalue weighted by Gasteiger charge is -2.08. The number of hydrogen-bond acceptors (Lipinski definition) is 2. The minimum atomic E-state index is -0.890. The Bertz CT molecular complexity index is 865. The van der Waals surface area contributed by atoms with E-state index in [-0.39, 0.29) is 0 Å². The molecule has 0 aliphatic carbocycles. The number of hydrogen-bond donors (Lipinski definition) is 1. The Kier molecular flexibility index (Phi) is 4.15. The summed E-state index contributed by atoms with van der Waals surface area (Å²) in [6, 6.07) is 11.5. The second-order valence-corrected chi connectivity index (χ2v) is 5.77. The molecule has 0 amide bonds.